The summed E-state index contributed by atoms with van der Waals surface area (Å²) in [7, 11) is 0. The quantitative estimate of drug-likeness (QED) is 0.770. The first-order chi connectivity index (χ1) is 12.6. The average molecular weight is 370 g/mol. The first-order valence-electron chi connectivity index (χ1n) is 8.76. The Morgan fingerprint density at radius 2 is 2.00 bits per heavy atom. The smallest absolute Gasteiger partial charge is 0.318 e. The second kappa shape index (κ2) is 6.95. The first kappa shape index (κ1) is 16.8. The Morgan fingerprint density at radius 3 is 2.73 bits per heavy atom. The number of piperazine rings is 1. The molecule has 0 radical (unpaired) electrons. The number of urea groups is 1. The zero-order chi connectivity index (χ0) is 18.1. The van der Waals surface area contributed by atoms with Crippen molar-refractivity contribution in [2.45, 2.75) is 19.9 Å². The Bertz CT molecular complexity index is 883. The van der Waals surface area contributed by atoms with Gasteiger partial charge in [-0.05, 0) is 25.5 Å². The van der Waals surface area contributed by atoms with E-state index in [1.54, 1.807) is 10.0 Å². The minimum Gasteiger partial charge on any atom is -0.368 e. The van der Waals surface area contributed by atoms with E-state index < -0.39 is 0 Å². The van der Waals surface area contributed by atoms with Crippen LogP contribution in [0.3, 0.4) is 0 Å². The maximum absolute atomic E-state index is 12.6. The summed E-state index contributed by atoms with van der Waals surface area (Å²) in [6, 6.07) is 8.21. The van der Waals surface area contributed by atoms with E-state index in [9.17, 15) is 4.79 Å². The molecule has 1 atom stereocenters. The van der Waals surface area contributed by atoms with Gasteiger partial charge in [0.05, 0.1) is 17.9 Å². The number of rotatable bonds is 3. The van der Waals surface area contributed by atoms with Crippen LogP contribution in [-0.4, -0.2) is 51.7 Å². The molecule has 2 aromatic heterocycles. The van der Waals surface area contributed by atoms with Crippen molar-refractivity contribution in [3.63, 3.8) is 0 Å². The average Bonchev–Trinajstić information content (AvgIpc) is 3.24. The lowest BCUT2D eigenvalue weighted by molar-refractivity contribution is 0.191. The third-order valence-electron chi connectivity index (χ3n) is 4.81. The molecule has 1 fully saturated rings. The Morgan fingerprint density at radius 1 is 1.23 bits per heavy atom. The number of benzene rings is 1. The Labute approximate surface area is 156 Å². The minimum absolute atomic E-state index is 0.0359. The summed E-state index contributed by atoms with van der Waals surface area (Å²) in [4.78, 5) is 22.2. The molecule has 3 heterocycles. The predicted molar refractivity (Wildman–Crippen MR) is 103 cm³/mol. The lowest BCUT2D eigenvalue weighted by Crippen LogP contribution is -2.52. The van der Waals surface area contributed by atoms with Gasteiger partial charge in [-0.3, -0.25) is 0 Å². The van der Waals surface area contributed by atoms with E-state index in [1.807, 2.05) is 18.0 Å². The normalized spacial score (nSPS) is 16.1. The van der Waals surface area contributed by atoms with E-state index in [2.05, 4.69) is 51.5 Å². The summed E-state index contributed by atoms with van der Waals surface area (Å²) in [5.74, 6) is 0. The highest BCUT2D eigenvalue weighted by molar-refractivity contribution is 7.14. The second-order valence-corrected chi connectivity index (χ2v) is 7.38. The van der Waals surface area contributed by atoms with Crippen molar-refractivity contribution in [3.8, 4) is 0 Å². The van der Waals surface area contributed by atoms with Gasteiger partial charge in [0, 0.05) is 31.9 Å². The molecule has 1 aromatic carbocycles. The number of carbonyl (C=O) groups excluding carboxylic acids is 1. The second-order valence-electron chi connectivity index (χ2n) is 6.56. The largest absolute Gasteiger partial charge is 0.368 e. The van der Waals surface area contributed by atoms with E-state index in [-0.39, 0.29) is 12.1 Å². The number of aryl methyl sites for hydroxylation is 1. The fourth-order valence-electron chi connectivity index (χ4n) is 3.28. The van der Waals surface area contributed by atoms with Crippen molar-refractivity contribution in [1.82, 2.24) is 24.8 Å². The maximum atomic E-state index is 12.6. The number of hydrogen-bond donors (Lipinski definition) is 1. The summed E-state index contributed by atoms with van der Waals surface area (Å²) < 4.78 is 1.74. The summed E-state index contributed by atoms with van der Waals surface area (Å²) in [5, 5.41) is 7.23. The van der Waals surface area contributed by atoms with Gasteiger partial charge in [-0.25, -0.2) is 14.3 Å². The lowest BCUT2D eigenvalue weighted by atomic mass is 10.1. The highest BCUT2D eigenvalue weighted by Crippen LogP contribution is 2.21. The molecule has 0 spiro atoms. The van der Waals surface area contributed by atoms with Crippen LogP contribution in [0.2, 0.25) is 0 Å². The molecule has 4 rings (SSSR count). The molecule has 0 saturated carbocycles. The monoisotopic (exact) mass is 370 g/mol. The van der Waals surface area contributed by atoms with Crippen LogP contribution in [0.25, 0.3) is 4.96 Å². The number of nitrogens with one attached hydrogen (secondary N) is 1. The van der Waals surface area contributed by atoms with Crippen molar-refractivity contribution >= 4 is 28.0 Å². The van der Waals surface area contributed by atoms with Crippen LogP contribution in [0, 0.1) is 6.92 Å². The Kier molecular flexibility index (Phi) is 4.50. The molecule has 3 aromatic rings. The topological polar surface area (TPSA) is 65.8 Å². The van der Waals surface area contributed by atoms with Crippen molar-refractivity contribution < 1.29 is 4.79 Å². The van der Waals surface area contributed by atoms with Crippen molar-refractivity contribution in [2.24, 2.45) is 0 Å². The van der Waals surface area contributed by atoms with Gasteiger partial charge in [0.2, 0.25) is 4.96 Å². The van der Waals surface area contributed by atoms with E-state index >= 15 is 0 Å². The van der Waals surface area contributed by atoms with Crippen molar-refractivity contribution in [3.05, 3.63) is 47.2 Å². The molecule has 1 N–H and O–H groups in total. The molecule has 136 valence electrons. The molecule has 1 aliphatic rings. The molecule has 1 aliphatic heterocycles. The SMILES string of the molecule is Cc1ccccc1N1CCN(C(=O)NC(C)c2cn3ncsc3n2)CC1. The van der Waals surface area contributed by atoms with E-state index in [0.717, 1.165) is 23.7 Å². The van der Waals surface area contributed by atoms with Crippen LogP contribution in [0.15, 0.2) is 36.0 Å². The molecule has 0 bridgehead atoms. The first-order valence-corrected chi connectivity index (χ1v) is 9.64. The Hall–Kier alpha value is -2.61. The van der Waals surface area contributed by atoms with Gasteiger partial charge in [-0.15, -0.1) is 0 Å². The van der Waals surface area contributed by atoms with Gasteiger partial charge < -0.3 is 15.1 Å². The Balaban J connectivity index is 1.34. The van der Waals surface area contributed by atoms with Crippen LogP contribution < -0.4 is 10.2 Å². The highest BCUT2D eigenvalue weighted by Gasteiger charge is 2.23. The molecule has 7 nitrogen and oxygen atoms in total. The van der Waals surface area contributed by atoms with Crippen LogP contribution in [0.4, 0.5) is 10.5 Å². The number of hydrogen-bond acceptors (Lipinski definition) is 5. The number of imidazole rings is 1. The third kappa shape index (κ3) is 3.24. The van der Waals surface area contributed by atoms with E-state index in [1.165, 1.54) is 22.6 Å². The standard InChI is InChI=1S/C18H22N6OS/c1-13-5-3-4-6-16(13)22-7-9-23(10-8-22)17(25)20-14(2)15-11-24-18(21-15)26-12-19-24/h3-6,11-12,14H,7-10H2,1-2H3,(H,20,25). The summed E-state index contributed by atoms with van der Waals surface area (Å²) >= 11 is 1.48. The molecule has 0 aliphatic carbocycles. The van der Waals surface area contributed by atoms with Crippen LogP contribution in [0.1, 0.15) is 24.2 Å². The van der Waals surface area contributed by atoms with Crippen LogP contribution >= 0.6 is 11.3 Å². The fourth-order valence-corrected chi connectivity index (χ4v) is 3.89. The zero-order valence-electron chi connectivity index (χ0n) is 14.9. The number of fused-ring (bicyclic) bond motifs is 1. The summed E-state index contributed by atoms with van der Waals surface area (Å²) in [6.07, 6.45) is 1.87. The van der Waals surface area contributed by atoms with Crippen molar-refractivity contribution in [1.29, 1.82) is 0 Å². The van der Waals surface area contributed by atoms with E-state index in [0.29, 0.717) is 13.1 Å². The molecule has 1 saturated heterocycles. The van der Waals surface area contributed by atoms with Gasteiger partial charge in [0.25, 0.3) is 0 Å². The molecule has 1 unspecified atom stereocenters. The van der Waals surface area contributed by atoms with Gasteiger partial charge in [0.1, 0.15) is 5.51 Å². The van der Waals surface area contributed by atoms with Crippen LogP contribution in [-0.2, 0) is 0 Å². The van der Waals surface area contributed by atoms with E-state index in [4.69, 9.17) is 0 Å². The maximum Gasteiger partial charge on any atom is 0.318 e. The number of aromatic nitrogens is 3. The van der Waals surface area contributed by atoms with Crippen LogP contribution in [0.5, 0.6) is 0 Å². The molecule has 8 heteroatoms. The lowest BCUT2D eigenvalue weighted by Gasteiger charge is -2.37. The number of carbonyl (C=O) groups is 1. The van der Waals surface area contributed by atoms with Gasteiger partial charge >= 0.3 is 6.03 Å². The number of amides is 2. The summed E-state index contributed by atoms with van der Waals surface area (Å²) in [6.45, 7) is 7.20. The summed E-state index contributed by atoms with van der Waals surface area (Å²) in [5.41, 5.74) is 5.11. The molecular formula is C18H22N6OS. The van der Waals surface area contributed by atoms with Gasteiger partial charge in [-0.1, -0.05) is 29.5 Å². The highest BCUT2D eigenvalue weighted by atomic mass is 32.1. The zero-order valence-corrected chi connectivity index (χ0v) is 15.7. The predicted octanol–water partition coefficient (Wildman–Crippen LogP) is 2.69. The van der Waals surface area contributed by atoms with Gasteiger partial charge in [0.15, 0.2) is 0 Å². The fraction of sp³-hybridized carbons (Fsp3) is 0.389. The molecule has 26 heavy (non-hydrogen) atoms. The van der Waals surface area contributed by atoms with Crippen molar-refractivity contribution in [2.75, 3.05) is 31.1 Å². The third-order valence-corrected chi connectivity index (χ3v) is 5.50. The minimum atomic E-state index is -0.147. The van der Waals surface area contributed by atoms with Gasteiger partial charge in [-0.2, -0.15) is 5.10 Å². The molecule has 2 amide bonds. The molecular weight excluding hydrogens is 348 g/mol. The number of anilines is 1. The number of para-hydroxylation sites is 1. The number of nitrogens with zero attached hydrogens (tertiary/aromatic N) is 5.